The topological polar surface area (TPSA) is 32.5 Å². The molecular weight excluding hydrogens is 270 g/mol. The number of hydrogen-bond donors (Lipinski definition) is 1. The van der Waals surface area contributed by atoms with E-state index in [1.165, 1.54) is 11.3 Å². The number of benzene rings is 2. The van der Waals surface area contributed by atoms with Crippen molar-refractivity contribution in [2.24, 2.45) is 0 Å². The van der Waals surface area contributed by atoms with Crippen molar-refractivity contribution in [2.45, 2.75) is 19.4 Å². The minimum atomic E-state index is 0.555. The van der Waals surface area contributed by atoms with E-state index in [0.29, 0.717) is 6.04 Å². The predicted octanol–water partition coefficient (Wildman–Crippen LogP) is 3.02. The molecule has 0 aromatic heterocycles. The molecule has 0 bridgehead atoms. The highest BCUT2D eigenvalue weighted by atomic mass is 15.3. The lowest BCUT2D eigenvalue weighted by atomic mass is 10.0. The van der Waals surface area contributed by atoms with Crippen LogP contribution in [0.25, 0.3) is 0 Å². The lowest BCUT2D eigenvalue weighted by Gasteiger charge is -2.39. The highest BCUT2D eigenvalue weighted by molar-refractivity contribution is 5.46. The zero-order chi connectivity index (χ0) is 15.4. The minimum Gasteiger partial charge on any atom is -0.399 e. The molecule has 1 atom stereocenters. The average Bonchev–Trinajstić information content (AvgIpc) is 2.56. The fourth-order valence-electron chi connectivity index (χ4n) is 3.25. The molecule has 2 aromatic rings. The standard InChI is InChI=1S/C19H25N3/c1-16(14-17-6-5-7-18(20)15-17)21-10-12-22(13-11-21)19-8-3-2-4-9-19/h2-9,15-16H,10-14,20H2,1H3. The first-order valence-corrected chi connectivity index (χ1v) is 8.11. The van der Waals surface area contributed by atoms with E-state index in [2.05, 4.69) is 59.2 Å². The van der Waals surface area contributed by atoms with Crippen molar-refractivity contribution in [2.75, 3.05) is 36.8 Å². The van der Waals surface area contributed by atoms with Crippen LogP contribution < -0.4 is 10.6 Å². The quantitative estimate of drug-likeness (QED) is 0.880. The summed E-state index contributed by atoms with van der Waals surface area (Å²) in [7, 11) is 0. The Labute approximate surface area is 133 Å². The highest BCUT2D eigenvalue weighted by Gasteiger charge is 2.21. The molecule has 2 N–H and O–H groups in total. The van der Waals surface area contributed by atoms with E-state index in [1.807, 2.05) is 12.1 Å². The summed E-state index contributed by atoms with van der Waals surface area (Å²) in [5.41, 5.74) is 9.40. The summed E-state index contributed by atoms with van der Waals surface area (Å²) in [4.78, 5) is 5.06. The van der Waals surface area contributed by atoms with Gasteiger partial charge in [-0.1, -0.05) is 30.3 Å². The molecule has 1 heterocycles. The Morgan fingerprint density at radius 1 is 0.955 bits per heavy atom. The van der Waals surface area contributed by atoms with Crippen LogP contribution >= 0.6 is 0 Å². The molecular formula is C19H25N3. The summed E-state index contributed by atoms with van der Waals surface area (Å²) in [5.74, 6) is 0. The van der Waals surface area contributed by atoms with E-state index in [9.17, 15) is 0 Å². The Bertz CT molecular complexity index is 589. The first-order chi connectivity index (χ1) is 10.7. The summed E-state index contributed by atoms with van der Waals surface area (Å²) in [6.45, 7) is 6.77. The van der Waals surface area contributed by atoms with Gasteiger partial charge >= 0.3 is 0 Å². The van der Waals surface area contributed by atoms with E-state index in [1.54, 1.807) is 0 Å². The Morgan fingerprint density at radius 3 is 2.36 bits per heavy atom. The predicted molar refractivity (Wildman–Crippen MR) is 94.2 cm³/mol. The van der Waals surface area contributed by atoms with E-state index < -0.39 is 0 Å². The largest absolute Gasteiger partial charge is 0.399 e. The lowest BCUT2D eigenvalue weighted by Crippen LogP contribution is -2.50. The van der Waals surface area contributed by atoms with Crippen molar-refractivity contribution < 1.29 is 0 Å². The number of rotatable bonds is 4. The maximum absolute atomic E-state index is 5.88. The second kappa shape index (κ2) is 6.84. The van der Waals surface area contributed by atoms with Crippen molar-refractivity contribution in [3.8, 4) is 0 Å². The molecule has 0 amide bonds. The normalized spacial score (nSPS) is 17.4. The molecule has 1 aliphatic rings. The zero-order valence-electron chi connectivity index (χ0n) is 13.3. The number of nitrogen functional groups attached to an aromatic ring is 1. The number of anilines is 2. The molecule has 2 aromatic carbocycles. The molecule has 1 unspecified atom stereocenters. The number of para-hydroxylation sites is 1. The summed E-state index contributed by atoms with van der Waals surface area (Å²) < 4.78 is 0. The molecule has 0 aliphatic carbocycles. The molecule has 3 rings (SSSR count). The van der Waals surface area contributed by atoms with Crippen molar-refractivity contribution in [3.05, 3.63) is 60.2 Å². The molecule has 0 spiro atoms. The molecule has 3 heteroatoms. The number of nitrogens with two attached hydrogens (primary N) is 1. The first-order valence-electron chi connectivity index (χ1n) is 8.11. The Hall–Kier alpha value is -2.00. The SMILES string of the molecule is CC(Cc1cccc(N)c1)N1CCN(c2ccccc2)CC1. The molecule has 0 radical (unpaired) electrons. The molecule has 22 heavy (non-hydrogen) atoms. The third-order valence-electron chi connectivity index (χ3n) is 4.54. The fraction of sp³-hybridized carbons (Fsp3) is 0.368. The molecule has 1 saturated heterocycles. The number of piperazine rings is 1. The van der Waals surface area contributed by atoms with Crippen molar-refractivity contribution in [1.29, 1.82) is 0 Å². The minimum absolute atomic E-state index is 0.555. The third kappa shape index (κ3) is 3.60. The van der Waals surface area contributed by atoms with Gasteiger partial charge in [-0.2, -0.15) is 0 Å². The van der Waals surface area contributed by atoms with Gasteiger partial charge in [0, 0.05) is 43.6 Å². The van der Waals surface area contributed by atoms with E-state index in [4.69, 9.17) is 5.73 Å². The van der Waals surface area contributed by atoms with Gasteiger partial charge in [-0.3, -0.25) is 4.90 Å². The smallest absolute Gasteiger partial charge is 0.0367 e. The molecule has 1 aliphatic heterocycles. The second-order valence-electron chi connectivity index (χ2n) is 6.16. The van der Waals surface area contributed by atoms with Gasteiger partial charge in [0.1, 0.15) is 0 Å². The lowest BCUT2D eigenvalue weighted by molar-refractivity contribution is 0.196. The maximum Gasteiger partial charge on any atom is 0.0367 e. The summed E-state index contributed by atoms with van der Waals surface area (Å²) in [6.07, 6.45) is 1.07. The van der Waals surface area contributed by atoms with Crippen LogP contribution in [0.15, 0.2) is 54.6 Å². The van der Waals surface area contributed by atoms with Crippen LogP contribution in [0, 0.1) is 0 Å². The van der Waals surface area contributed by atoms with E-state index in [-0.39, 0.29) is 0 Å². The Balaban J connectivity index is 1.55. The molecule has 116 valence electrons. The number of nitrogens with zero attached hydrogens (tertiary/aromatic N) is 2. The fourth-order valence-corrected chi connectivity index (χ4v) is 3.25. The van der Waals surface area contributed by atoms with Gasteiger partial charge in [0.25, 0.3) is 0 Å². The second-order valence-corrected chi connectivity index (χ2v) is 6.16. The van der Waals surface area contributed by atoms with Gasteiger partial charge in [-0.05, 0) is 43.2 Å². The highest BCUT2D eigenvalue weighted by Crippen LogP contribution is 2.18. The van der Waals surface area contributed by atoms with Crippen LogP contribution in [0.3, 0.4) is 0 Å². The van der Waals surface area contributed by atoms with Crippen molar-refractivity contribution in [3.63, 3.8) is 0 Å². The van der Waals surface area contributed by atoms with Crippen LogP contribution in [0.1, 0.15) is 12.5 Å². The van der Waals surface area contributed by atoms with E-state index in [0.717, 1.165) is 38.3 Å². The molecule has 3 nitrogen and oxygen atoms in total. The Kier molecular flexibility index (Phi) is 4.64. The first kappa shape index (κ1) is 14.9. The monoisotopic (exact) mass is 295 g/mol. The van der Waals surface area contributed by atoms with Crippen LogP contribution in [-0.4, -0.2) is 37.1 Å². The third-order valence-corrected chi connectivity index (χ3v) is 4.54. The Morgan fingerprint density at radius 2 is 1.68 bits per heavy atom. The van der Waals surface area contributed by atoms with Crippen LogP contribution in [0.4, 0.5) is 11.4 Å². The summed E-state index contributed by atoms with van der Waals surface area (Å²) in [5, 5.41) is 0. The molecule has 1 fully saturated rings. The maximum atomic E-state index is 5.88. The van der Waals surface area contributed by atoms with Crippen molar-refractivity contribution in [1.82, 2.24) is 4.90 Å². The molecule has 0 saturated carbocycles. The van der Waals surface area contributed by atoms with E-state index >= 15 is 0 Å². The van der Waals surface area contributed by atoms with Crippen molar-refractivity contribution >= 4 is 11.4 Å². The summed E-state index contributed by atoms with van der Waals surface area (Å²) in [6, 6.07) is 19.5. The van der Waals surface area contributed by atoms with Crippen LogP contribution in [-0.2, 0) is 6.42 Å². The van der Waals surface area contributed by atoms with Crippen LogP contribution in [0.5, 0.6) is 0 Å². The van der Waals surface area contributed by atoms with Gasteiger partial charge in [-0.15, -0.1) is 0 Å². The van der Waals surface area contributed by atoms with Gasteiger partial charge in [0.2, 0.25) is 0 Å². The zero-order valence-corrected chi connectivity index (χ0v) is 13.3. The van der Waals surface area contributed by atoms with Gasteiger partial charge < -0.3 is 10.6 Å². The van der Waals surface area contributed by atoms with Gasteiger partial charge in [0.15, 0.2) is 0 Å². The average molecular weight is 295 g/mol. The van der Waals surface area contributed by atoms with Crippen LogP contribution in [0.2, 0.25) is 0 Å². The number of hydrogen-bond acceptors (Lipinski definition) is 3. The van der Waals surface area contributed by atoms with Gasteiger partial charge in [0.05, 0.1) is 0 Å². The summed E-state index contributed by atoms with van der Waals surface area (Å²) >= 11 is 0. The van der Waals surface area contributed by atoms with Gasteiger partial charge in [-0.25, -0.2) is 0 Å².